The van der Waals surface area contributed by atoms with Crippen molar-refractivity contribution in [3.8, 4) is 0 Å². The summed E-state index contributed by atoms with van der Waals surface area (Å²) in [6.45, 7) is 6.65. The van der Waals surface area contributed by atoms with E-state index in [2.05, 4.69) is 11.9 Å². The third kappa shape index (κ3) is 9.51. The SMILES string of the molecule is C=C(C)NC(C)=O.[H-].[Na+]. The molecule has 0 saturated carbocycles. The Morgan fingerprint density at radius 2 is 2.00 bits per heavy atom. The van der Waals surface area contributed by atoms with E-state index in [-0.39, 0.29) is 36.9 Å². The minimum atomic E-state index is -0.0625. The monoisotopic (exact) mass is 123 g/mol. The Bertz CT molecular complexity index is 93.1. The number of hydrogen-bond acceptors (Lipinski definition) is 1. The Hall–Kier alpha value is 0.210. The van der Waals surface area contributed by atoms with E-state index in [0.717, 1.165) is 0 Å². The van der Waals surface area contributed by atoms with Gasteiger partial charge in [0.25, 0.3) is 0 Å². The Balaban J connectivity index is -0.000000180. The van der Waals surface area contributed by atoms with Gasteiger partial charge in [-0.1, -0.05) is 6.58 Å². The summed E-state index contributed by atoms with van der Waals surface area (Å²) in [4.78, 5) is 10.1. The zero-order valence-electron chi connectivity index (χ0n) is 6.62. The predicted octanol–water partition coefficient (Wildman–Crippen LogP) is -2.23. The quantitative estimate of drug-likeness (QED) is 0.393. The summed E-state index contributed by atoms with van der Waals surface area (Å²) in [7, 11) is 0. The molecule has 1 amide bonds. The Morgan fingerprint density at radius 3 is 2.00 bits per heavy atom. The van der Waals surface area contributed by atoms with Gasteiger partial charge in [0.2, 0.25) is 5.91 Å². The van der Waals surface area contributed by atoms with Crippen LogP contribution in [0.15, 0.2) is 12.3 Å². The second kappa shape index (κ2) is 5.35. The van der Waals surface area contributed by atoms with Gasteiger partial charge in [0.05, 0.1) is 0 Å². The average molecular weight is 123 g/mol. The van der Waals surface area contributed by atoms with Gasteiger partial charge in [-0.15, -0.1) is 0 Å². The number of hydrogen-bond donors (Lipinski definition) is 1. The molecular formula is C5H10NNaO. The van der Waals surface area contributed by atoms with Crippen molar-refractivity contribution in [2.75, 3.05) is 0 Å². The summed E-state index contributed by atoms with van der Waals surface area (Å²) in [5, 5.41) is 2.47. The van der Waals surface area contributed by atoms with Crippen LogP contribution >= 0.6 is 0 Å². The molecule has 0 unspecified atom stereocenters. The summed E-state index contributed by atoms with van der Waals surface area (Å²) >= 11 is 0. The van der Waals surface area contributed by atoms with Crippen LogP contribution in [0, 0.1) is 0 Å². The molecule has 3 heteroatoms. The summed E-state index contributed by atoms with van der Waals surface area (Å²) in [5.41, 5.74) is 0.688. The van der Waals surface area contributed by atoms with E-state index in [1.807, 2.05) is 0 Å². The maximum Gasteiger partial charge on any atom is 1.00 e. The van der Waals surface area contributed by atoms with Crippen molar-refractivity contribution in [2.45, 2.75) is 13.8 Å². The third-order valence-electron chi connectivity index (χ3n) is 0.389. The molecule has 0 bridgehead atoms. The van der Waals surface area contributed by atoms with Crippen LogP contribution < -0.4 is 34.9 Å². The summed E-state index contributed by atoms with van der Waals surface area (Å²) in [6, 6.07) is 0. The largest absolute Gasteiger partial charge is 1.00 e. The molecule has 0 saturated heterocycles. The molecule has 0 aromatic rings. The topological polar surface area (TPSA) is 29.1 Å². The van der Waals surface area contributed by atoms with Crippen LogP contribution in [0.3, 0.4) is 0 Å². The first kappa shape index (κ1) is 11.1. The van der Waals surface area contributed by atoms with Crippen LogP contribution in [0.1, 0.15) is 15.3 Å². The fraction of sp³-hybridized carbons (Fsp3) is 0.400. The molecule has 0 fully saturated rings. The predicted molar refractivity (Wildman–Crippen MR) is 29.7 cm³/mol. The number of nitrogens with one attached hydrogen (secondary N) is 1. The number of rotatable bonds is 1. The van der Waals surface area contributed by atoms with E-state index >= 15 is 0 Å². The Morgan fingerprint density at radius 1 is 1.62 bits per heavy atom. The second-order valence-electron chi connectivity index (χ2n) is 1.46. The van der Waals surface area contributed by atoms with Gasteiger partial charge in [-0.25, -0.2) is 0 Å². The molecule has 0 aromatic heterocycles. The zero-order chi connectivity index (χ0) is 5.86. The maximum absolute atomic E-state index is 10.1. The standard InChI is InChI=1S/C5H9NO.Na.H/c1-4(2)6-5(3)7;;/h1H2,2-3H3,(H,6,7);;/q;+1;-1. The summed E-state index contributed by atoms with van der Waals surface area (Å²) < 4.78 is 0. The first-order valence-electron chi connectivity index (χ1n) is 2.06. The van der Waals surface area contributed by atoms with Gasteiger partial charge in [0, 0.05) is 12.6 Å². The van der Waals surface area contributed by atoms with Crippen molar-refractivity contribution in [1.82, 2.24) is 5.32 Å². The van der Waals surface area contributed by atoms with Crippen molar-refractivity contribution in [1.29, 1.82) is 0 Å². The van der Waals surface area contributed by atoms with Crippen molar-refractivity contribution < 1.29 is 35.8 Å². The molecule has 0 spiro atoms. The van der Waals surface area contributed by atoms with Gasteiger partial charge in [0.1, 0.15) is 0 Å². The number of allylic oxidation sites excluding steroid dienone is 1. The maximum atomic E-state index is 10.1. The van der Waals surface area contributed by atoms with Crippen molar-refractivity contribution in [2.24, 2.45) is 0 Å². The fourth-order valence-electron chi connectivity index (χ4n) is 0.301. The molecule has 2 nitrogen and oxygen atoms in total. The molecule has 0 aliphatic heterocycles. The second-order valence-corrected chi connectivity index (χ2v) is 1.46. The van der Waals surface area contributed by atoms with Gasteiger partial charge < -0.3 is 6.74 Å². The minimum absolute atomic E-state index is 0. The molecule has 42 valence electrons. The van der Waals surface area contributed by atoms with Crippen LogP contribution in [0.4, 0.5) is 0 Å². The molecule has 0 aromatic carbocycles. The first-order valence-corrected chi connectivity index (χ1v) is 2.06. The fourth-order valence-corrected chi connectivity index (χ4v) is 0.301. The normalized spacial score (nSPS) is 6.75. The van der Waals surface area contributed by atoms with E-state index in [1.54, 1.807) is 6.92 Å². The molecule has 0 aliphatic rings. The molecular weight excluding hydrogens is 113 g/mol. The summed E-state index contributed by atoms with van der Waals surface area (Å²) in [5.74, 6) is -0.0625. The van der Waals surface area contributed by atoms with E-state index in [4.69, 9.17) is 0 Å². The van der Waals surface area contributed by atoms with Gasteiger partial charge in [-0.2, -0.15) is 0 Å². The summed E-state index contributed by atoms with van der Waals surface area (Å²) in [6.07, 6.45) is 0. The Labute approximate surface area is 73.1 Å². The van der Waals surface area contributed by atoms with Crippen molar-refractivity contribution in [3.05, 3.63) is 12.3 Å². The van der Waals surface area contributed by atoms with E-state index in [0.29, 0.717) is 5.70 Å². The molecule has 1 N–H and O–H groups in total. The van der Waals surface area contributed by atoms with Gasteiger partial charge in [0.15, 0.2) is 0 Å². The van der Waals surface area contributed by atoms with E-state index in [1.165, 1.54) is 6.92 Å². The minimum Gasteiger partial charge on any atom is -1.00 e. The molecule has 0 atom stereocenters. The van der Waals surface area contributed by atoms with E-state index in [9.17, 15) is 4.79 Å². The van der Waals surface area contributed by atoms with Crippen LogP contribution in [-0.4, -0.2) is 5.91 Å². The van der Waals surface area contributed by atoms with Crippen molar-refractivity contribution >= 4 is 5.91 Å². The van der Waals surface area contributed by atoms with Crippen LogP contribution in [-0.2, 0) is 4.79 Å². The molecule has 0 rings (SSSR count). The number of amides is 1. The van der Waals surface area contributed by atoms with Crippen LogP contribution in [0.25, 0.3) is 0 Å². The number of carbonyl (C=O) groups is 1. The molecule has 0 radical (unpaired) electrons. The van der Waals surface area contributed by atoms with Crippen LogP contribution in [0.2, 0.25) is 0 Å². The molecule has 0 heterocycles. The molecule has 0 aliphatic carbocycles. The smallest absolute Gasteiger partial charge is 1.00 e. The van der Waals surface area contributed by atoms with Gasteiger partial charge >= 0.3 is 29.6 Å². The van der Waals surface area contributed by atoms with E-state index < -0.39 is 0 Å². The molecule has 8 heavy (non-hydrogen) atoms. The number of carbonyl (C=O) groups excluding carboxylic acids is 1. The Kier molecular flexibility index (Phi) is 7.40. The van der Waals surface area contributed by atoms with Crippen LogP contribution in [0.5, 0.6) is 0 Å². The first-order chi connectivity index (χ1) is 3.13. The van der Waals surface area contributed by atoms with Crippen molar-refractivity contribution in [3.63, 3.8) is 0 Å². The zero-order valence-corrected chi connectivity index (χ0v) is 7.62. The van der Waals surface area contributed by atoms with Gasteiger partial charge in [-0.05, 0) is 6.92 Å². The average Bonchev–Trinajstić information content (AvgIpc) is 1.27. The third-order valence-corrected chi connectivity index (χ3v) is 0.389. The van der Waals surface area contributed by atoms with Gasteiger partial charge in [-0.3, -0.25) is 4.79 Å².